The SMILES string of the molecule is CC(C)(CNC1CC1)CN1CCCCCCC1. The van der Waals surface area contributed by atoms with Crippen molar-refractivity contribution >= 4 is 0 Å². The number of nitrogens with one attached hydrogen (secondary N) is 1. The Balaban J connectivity index is 1.71. The maximum atomic E-state index is 3.69. The molecule has 0 amide bonds. The maximum Gasteiger partial charge on any atom is 0.00684 e. The van der Waals surface area contributed by atoms with Gasteiger partial charge in [-0.2, -0.15) is 0 Å². The summed E-state index contributed by atoms with van der Waals surface area (Å²) in [6, 6.07) is 0.849. The summed E-state index contributed by atoms with van der Waals surface area (Å²) in [5.74, 6) is 0. The Labute approximate surface area is 107 Å². The van der Waals surface area contributed by atoms with Crippen LogP contribution in [0.5, 0.6) is 0 Å². The number of likely N-dealkylation sites (tertiary alicyclic amines) is 1. The average Bonchev–Trinajstić information content (AvgIpc) is 3.03. The van der Waals surface area contributed by atoms with Gasteiger partial charge >= 0.3 is 0 Å². The van der Waals surface area contributed by atoms with E-state index in [1.54, 1.807) is 0 Å². The average molecular weight is 238 g/mol. The van der Waals surface area contributed by atoms with Crippen molar-refractivity contribution in [1.82, 2.24) is 10.2 Å². The van der Waals surface area contributed by atoms with Crippen LogP contribution in [0.2, 0.25) is 0 Å². The molecule has 2 nitrogen and oxygen atoms in total. The highest BCUT2D eigenvalue weighted by Gasteiger charge is 2.26. The number of rotatable bonds is 5. The van der Waals surface area contributed by atoms with Gasteiger partial charge in [0.25, 0.3) is 0 Å². The molecule has 0 bridgehead atoms. The maximum absolute atomic E-state index is 3.69. The molecule has 0 aromatic rings. The molecule has 2 fully saturated rings. The summed E-state index contributed by atoms with van der Waals surface area (Å²) in [4.78, 5) is 2.70. The summed E-state index contributed by atoms with van der Waals surface area (Å²) >= 11 is 0. The number of hydrogen-bond donors (Lipinski definition) is 1. The smallest absolute Gasteiger partial charge is 0.00684 e. The van der Waals surface area contributed by atoms with Crippen molar-refractivity contribution in [2.45, 2.75) is 64.8 Å². The van der Waals surface area contributed by atoms with Crippen molar-refractivity contribution < 1.29 is 0 Å². The molecule has 0 radical (unpaired) electrons. The van der Waals surface area contributed by atoms with E-state index in [4.69, 9.17) is 0 Å². The van der Waals surface area contributed by atoms with Crippen LogP contribution in [-0.4, -0.2) is 37.1 Å². The molecule has 0 atom stereocenters. The van der Waals surface area contributed by atoms with E-state index >= 15 is 0 Å². The van der Waals surface area contributed by atoms with Crippen LogP contribution in [-0.2, 0) is 0 Å². The zero-order valence-corrected chi connectivity index (χ0v) is 11.8. The van der Waals surface area contributed by atoms with Crippen LogP contribution in [0.4, 0.5) is 0 Å². The molecule has 1 heterocycles. The molecule has 0 unspecified atom stereocenters. The highest BCUT2D eigenvalue weighted by Crippen LogP contribution is 2.23. The lowest BCUT2D eigenvalue weighted by atomic mass is 9.92. The zero-order valence-electron chi connectivity index (χ0n) is 11.8. The minimum atomic E-state index is 0.432. The predicted molar refractivity (Wildman–Crippen MR) is 74.3 cm³/mol. The van der Waals surface area contributed by atoms with Crippen LogP contribution in [0.25, 0.3) is 0 Å². The normalized spacial score (nSPS) is 24.4. The largest absolute Gasteiger partial charge is 0.313 e. The van der Waals surface area contributed by atoms with E-state index < -0.39 is 0 Å². The number of hydrogen-bond acceptors (Lipinski definition) is 2. The first-order valence-corrected chi connectivity index (χ1v) is 7.61. The van der Waals surface area contributed by atoms with Gasteiger partial charge in [0.15, 0.2) is 0 Å². The molecule has 1 aliphatic carbocycles. The predicted octanol–water partition coefficient (Wildman–Crippen LogP) is 3.03. The van der Waals surface area contributed by atoms with Crippen LogP contribution in [0.1, 0.15) is 58.8 Å². The van der Waals surface area contributed by atoms with Gasteiger partial charge in [-0.1, -0.05) is 33.1 Å². The van der Waals surface area contributed by atoms with Crippen molar-refractivity contribution in [1.29, 1.82) is 0 Å². The van der Waals surface area contributed by atoms with Gasteiger partial charge in [0.1, 0.15) is 0 Å². The lowest BCUT2D eigenvalue weighted by Crippen LogP contribution is -2.42. The van der Waals surface area contributed by atoms with E-state index in [0.717, 1.165) is 6.04 Å². The van der Waals surface area contributed by atoms with Gasteiger partial charge in [0, 0.05) is 19.1 Å². The van der Waals surface area contributed by atoms with Crippen molar-refractivity contribution in [3.8, 4) is 0 Å². The quantitative estimate of drug-likeness (QED) is 0.792. The molecule has 2 rings (SSSR count). The first-order valence-electron chi connectivity index (χ1n) is 7.61. The van der Waals surface area contributed by atoms with Crippen LogP contribution in [0, 0.1) is 5.41 Å². The van der Waals surface area contributed by atoms with E-state index in [1.165, 1.54) is 71.1 Å². The first-order chi connectivity index (χ1) is 8.16. The van der Waals surface area contributed by atoms with E-state index in [1.807, 2.05) is 0 Å². The molecule has 17 heavy (non-hydrogen) atoms. The Hall–Kier alpha value is -0.0800. The minimum Gasteiger partial charge on any atom is -0.313 e. The Kier molecular flexibility index (Phi) is 4.87. The topological polar surface area (TPSA) is 15.3 Å². The van der Waals surface area contributed by atoms with Gasteiger partial charge < -0.3 is 10.2 Å². The fourth-order valence-electron chi connectivity index (χ4n) is 2.84. The zero-order chi connectivity index (χ0) is 12.1. The molecule has 2 aliphatic rings. The standard InChI is InChI=1S/C15H30N2/c1-15(2,12-16-14-8-9-14)13-17-10-6-4-3-5-7-11-17/h14,16H,3-13H2,1-2H3. The minimum absolute atomic E-state index is 0.432. The molecule has 0 aromatic carbocycles. The van der Waals surface area contributed by atoms with Crippen molar-refractivity contribution in [3.63, 3.8) is 0 Å². The van der Waals surface area contributed by atoms with Gasteiger partial charge in [-0.25, -0.2) is 0 Å². The molecule has 1 saturated carbocycles. The summed E-state index contributed by atoms with van der Waals surface area (Å²) < 4.78 is 0. The van der Waals surface area contributed by atoms with Crippen LogP contribution >= 0.6 is 0 Å². The molecular weight excluding hydrogens is 208 g/mol. The summed E-state index contributed by atoms with van der Waals surface area (Å²) in [7, 11) is 0. The van der Waals surface area contributed by atoms with Crippen LogP contribution < -0.4 is 5.32 Å². The third-order valence-electron chi connectivity index (χ3n) is 4.05. The summed E-state index contributed by atoms with van der Waals surface area (Å²) in [5.41, 5.74) is 0.432. The van der Waals surface area contributed by atoms with E-state index in [0.29, 0.717) is 5.41 Å². The summed E-state index contributed by atoms with van der Waals surface area (Å²) in [6.45, 7) is 9.95. The Morgan fingerprint density at radius 2 is 1.59 bits per heavy atom. The molecule has 1 aliphatic heterocycles. The van der Waals surface area contributed by atoms with E-state index in [-0.39, 0.29) is 0 Å². The number of nitrogens with zero attached hydrogens (tertiary/aromatic N) is 1. The van der Waals surface area contributed by atoms with E-state index in [9.17, 15) is 0 Å². The van der Waals surface area contributed by atoms with Gasteiger partial charge in [-0.15, -0.1) is 0 Å². The fraction of sp³-hybridized carbons (Fsp3) is 1.00. The van der Waals surface area contributed by atoms with Crippen molar-refractivity contribution in [2.24, 2.45) is 5.41 Å². The Bertz CT molecular complexity index is 213. The lowest BCUT2D eigenvalue weighted by molar-refractivity contribution is 0.162. The van der Waals surface area contributed by atoms with Crippen LogP contribution in [0.3, 0.4) is 0 Å². The van der Waals surface area contributed by atoms with Gasteiger partial charge in [0.05, 0.1) is 0 Å². The molecular formula is C15H30N2. The molecule has 1 N–H and O–H groups in total. The second kappa shape index (κ2) is 6.19. The first kappa shape index (κ1) is 13.4. The molecule has 1 saturated heterocycles. The van der Waals surface area contributed by atoms with Crippen molar-refractivity contribution in [2.75, 3.05) is 26.2 Å². The van der Waals surface area contributed by atoms with E-state index in [2.05, 4.69) is 24.1 Å². The molecule has 0 spiro atoms. The third kappa shape index (κ3) is 5.39. The third-order valence-corrected chi connectivity index (χ3v) is 4.05. The monoisotopic (exact) mass is 238 g/mol. The second-order valence-corrected chi connectivity index (χ2v) is 6.86. The van der Waals surface area contributed by atoms with Gasteiger partial charge in [-0.3, -0.25) is 0 Å². The van der Waals surface area contributed by atoms with Gasteiger partial charge in [-0.05, 0) is 44.2 Å². The van der Waals surface area contributed by atoms with Gasteiger partial charge in [0.2, 0.25) is 0 Å². The Morgan fingerprint density at radius 3 is 2.18 bits per heavy atom. The highest BCUT2D eigenvalue weighted by atomic mass is 15.1. The molecule has 100 valence electrons. The van der Waals surface area contributed by atoms with Crippen LogP contribution in [0.15, 0.2) is 0 Å². The molecule has 0 aromatic heterocycles. The molecule has 2 heteroatoms. The highest BCUT2D eigenvalue weighted by molar-refractivity contribution is 4.85. The Morgan fingerprint density at radius 1 is 1.00 bits per heavy atom. The second-order valence-electron chi connectivity index (χ2n) is 6.86. The summed E-state index contributed by atoms with van der Waals surface area (Å²) in [5, 5.41) is 3.69. The lowest BCUT2D eigenvalue weighted by Gasteiger charge is -2.34. The summed E-state index contributed by atoms with van der Waals surface area (Å²) in [6.07, 6.45) is 9.97. The van der Waals surface area contributed by atoms with Crippen molar-refractivity contribution in [3.05, 3.63) is 0 Å². The fourth-order valence-corrected chi connectivity index (χ4v) is 2.84.